The summed E-state index contributed by atoms with van der Waals surface area (Å²) in [5.41, 5.74) is 4.25. The summed E-state index contributed by atoms with van der Waals surface area (Å²) in [4.78, 5) is 11.0. The lowest BCUT2D eigenvalue weighted by Crippen LogP contribution is -2.04. The molecule has 0 aliphatic rings. The average molecular weight is 395 g/mol. The molecule has 0 aliphatic heterocycles. The smallest absolute Gasteiger partial charge is 0.304 e. The molecule has 30 heavy (non-hydrogen) atoms. The van der Waals surface area contributed by atoms with E-state index in [1.165, 1.54) is 0 Å². The van der Waals surface area contributed by atoms with E-state index >= 15 is 0 Å². The number of carboxylic acids is 1. The number of hydrogen-bond acceptors (Lipinski definition) is 3. The second-order valence-corrected chi connectivity index (χ2v) is 6.76. The standard InChI is InChI=1S/C26H21NO3/c1-2-6-22(16-26(28)29)20-10-12-24(13-11-20)30-18-19-9-14-25(23(15-19)17-27)21-7-4-3-5-8-21/h3-5,7-15,22H,16,18H2,1H3,(H,28,29)/t22-/m0/s1. The van der Waals surface area contributed by atoms with Gasteiger partial charge in [-0.15, -0.1) is 5.92 Å². The van der Waals surface area contributed by atoms with Crippen LogP contribution in [0.3, 0.4) is 0 Å². The minimum Gasteiger partial charge on any atom is -0.489 e. The fourth-order valence-electron chi connectivity index (χ4n) is 3.21. The van der Waals surface area contributed by atoms with Gasteiger partial charge >= 0.3 is 5.97 Å². The van der Waals surface area contributed by atoms with Crippen molar-refractivity contribution in [3.8, 4) is 34.8 Å². The van der Waals surface area contributed by atoms with Gasteiger partial charge in [0.05, 0.1) is 24.0 Å². The number of hydrogen-bond donors (Lipinski definition) is 1. The molecule has 3 aromatic rings. The van der Waals surface area contributed by atoms with E-state index in [1.807, 2.05) is 72.8 Å². The highest BCUT2D eigenvalue weighted by Crippen LogP contribution is 2.26. The van der Waals surface area contributed by atoms with Gasteiger partial charge in [0.2, 0.25) is 0 Å². The summed E-state index contributed by atoms with van der Waals surface area (Å²) in [6, 6.07) is 25.1. The van der Waals surface area contributed by atoms with Gasteiger partial charge in [0.15, 0.2) is 0 Å². The number of carboxylic acid groups (broad SMARTS) is 1. The molecule has 0 amide bonds. The van der Waals surface area contributed by atoms with Crippen LogP contribution in [0.25, 0.3) is 11.1 Å². The Balaban J connectivity index is 1.70. The summed E-state index contributed by atoms with van der Waals surface area (Å²) >= 11 is 0. The molecule has 1 atom stereocenters. The van der Waals surface area contributed by atoms with Gasteiger partial charge in [-0.3, -0.25) is 4.79 Å². The van der Waals surface area contributed by atoms with Crippen molar-refractivity contribution in [3.05, 3.63) is 89.5 Å². The van der Waals surface area contributed by atoms with Crippen LogP contribution in [0.1, 0.15) is 36.0 Å². The van der Waals surface area contributed by atoms with Crippen molar-refractivity contribution in [2.45, 2.75) is 25.9 Å². The molecule has 0 spiro atoms. The minimum atomic E-state index is -0.879. The van der Waals surface area contributed by atoms with Crippen molar-refractivity contribution < 1.29 is 14.6 Å². The molecule has 0 aromatic heterocycles. The first-order valence-electron chi connectivity index (χ1n) is 9.56. The Bertz CT molecular complexity index is 1120. The highest BCUT2D eigenvalue weighted by atomic mass is 16.5. The van der Waals surface area contributed by atoms with E-state index in [1.54, 1.807) is 6.92 Å². The molecule has 0 saturated carbocycles. The Morgan fingerprint density at radius 3 is 2.43 bits per heavy atom. The summed E-state index contributed by atoms with van der Waals surface area (Å²) in [5, 5.41) is 18.6. The Kier molecular flexibility index (Phi) is 6.87. The molecule has 0 fully saturated rings. The van der Waals surface area contributed by atoms with E-state index in [0.29, 0.717) is 17.9 Å². The van der Waals surface area contributed by atoms with Crippen LogP contribution in [0.4, 0.5) is 0 Å². The van der Waals surface area contributed by atoms with Crippen LogP contribution in [0, 0.1) is 23.2 Å². The Morgan fingerprint density at radius 2 is 1.80 bits per heavy atom. The molecule has 0 aliphatic carbocycles. The molecule has 4 nitrogen and oxygen atoms in total. The SMILES string of the molecule is CC#C[C@@H](CC(=O)O)c1ccc(OCc2ccc(-c3ccccc3)c(C#N)c2)cc1. The third kappa shape index (κ3) is 5.28. The minimum absolute atomic E-state index is 0.0360. The number of rotatable bonds is 7. The third-order valence-electron chi connectivity index (χ3n) is 4.67. The first kappa shape index (κ1) is 20.7. The predicted molar refractivity (Wildman–Crippen MR) is 116 cm³/mol. The van der Waals surface area contributed by atoms with Gasteiger partial charge in [-0.05, 0) is 47.4 Å². The van der Waals surface area contributed by atoms with Crippen LogP contribution in [0.15, 0.2) is 72.8 Å². The average Bonchev–Trinajstić information content (AvgIpc) is 2.78. The zero-order valence-corrected chi connectivity index (χ0v) is 16.6. The molecular formula is C26H21NO3. The molecule has 0 bridgehead atoms. The number of carbonyl (C=O) groups is 1. The monoisotopic (exact) mass is 395 g/mol. The second-order valence-electron chi connectivity index (χ2n) is 6.76. The Labute approximate surface area is 176 Å². The highest BCUT2D eigenvalue weighted by Gasteiger charge is 2.13. The molecule has 148 valence electrons. The third-order valence-corrected chi connectivity index (χ3v) is 4.67. The maximum absolute atomic E-state index is 11.0. The van der Waals surface area contributed by atoms with E-state index in [0.717, 1.165) is 22.3 Å². The highest BCUT2D eigenvalue weighted by molar-refractivity contribution is 5.71. The molecular weight excluding hydrogens is 374 g/mol. The molecule has 4 heteroatoms. The van der Waals surface area contributed by atoms with Gasteiger partial charge in [0.1, 0.15) is 12.4 Å². The molecule has 3 rings (SSSR count). The number of benzene rings is 3. The lowest BCUT2D eigenvalue weighted by atomic mass is 9.96. The van der Waals surface area contributed by atoms with Crippen molar-refractivity contribution in [2.24, 2.45) is 0 Å². The van der Waals surface area contributed by atoms with E-state index in [-0.39, 0.29) is 12.3 Å². The van der Waals surface area contributed by atoms with Gasteiger partial charge in [0, 0.05) is 0 Å². The molecule has 0 unspecified atom stereocenters. The van der Waals surface area contributed by atoms with E-state index in [4.69, 9.17) is 9.84 Å². The molecule has 1 N–H and O–H groups in total. The van der Waals surface area contributed by atoms with E-state index in [2.05, 4.69) is 17.9 Å². The summed E-state index contributed by atoms with van der Waals surface area (Å²) in [6.07, 6.45) is -0.0360. The molecule has 0 saturated heterocycles. The summed E-state index contributed by atoms with van der Waals surface area (Å²) in [6.45, 7) is 2.03. The summed E-state index contributed by atoms with van der Waals surface area (Å²) < 4.78 is 5.85. The Hall–Kier alpha value is -4.02. The summed E-state index contributed by atoms with van der Waals surface area (Å²) in [7, 11) is 0. The van der Waals surface area contributed by atoms with Crippen molar-refractivity contribution in [1.82, 2.24) is 0 Å². The predicted octanol–water partition coefficient (Wildman–Crippen LogP) is 5.39. The van der Waals surface area contributed by atoms with Crippen LogP contribution in [0.2, 0.25) is 0 Å². The zero-order chi connectivity index (χ0) is 21.3. The normalized spacial score (nSPS) is 10.9. The van der Waals surface area contributed by atoms with Crippen molar-refractivity contribution in [2.75, 3.05) is 0 Å². The topological polar surface area (TPSA) is 70.3 Å². The number of nitrogens with zero attached hydrogens (tertiary/aromatic N) is 1. The summed E-state index contributed by atoms with van der Waals surface area (Å²) in [5.74, 6) is 5.17. The second kappa shape index (κ2) is 9.96. The van der Waals surface area contributed by atoms with Crippen LogP contribution in [-0.4, -0.2) is 11.1 Å². The van der Waals surface area contributed by atoms with E-state index in [9.17, 15) is 10.1 Å². The number of aliphatic carboxylic acids is 1. The van der Waals surface area contributed by atoms with Gasteiger partial charge < -0.3 is 9.84 Å². The fraction of sp³-hybridized carbons (Fsp3) is 0.154. The van der Waals surface area contributed by atoms with Crippen LogP contribution < -0.4 is 4.74 Å². The zero-order valence-electron chi connectivity index (χ0n) is 16.6. The van der Waals surface area contributed by atoms with Crippen molar-refractivity contribution in [3.63, 3.8) is 0 Å². The van der Waals surface area contributed by atoms with Crippen molar-refractivity contribution >= 4 is 5.97 Å². The maximum atomic E-state index is 11.0. The maximum Gasteiger partial charge on any atom is 0.304 e. The molecule has 3 aromatic carbocycles. The molecule has 0 heterocycles. The Morgan fingerprint density at radius 1 is 1.07 bits per heavy atom. The van der Waals surface area contributed by atoms with Crippen LogP contribution >= 0.6 is 0 Å². The fourth-order valence-corrected chi connectivity index (χ4v) is 3.21. The van der Waals surface area contributed by atoms with Crippen LogP contribution in [0.5, 0.6) is 5.75 Å². The van der Waals surface area contributed by atoms with Gasteiger partial charge in [-0.25, -0.2) is 0 Å². The number of nitriles is 1. The first-order valence-corrected chi connectivity index (χ1v) is 9.56. The van der Waals surface area contributed by atoms with E-state index < -0.39 is 5.97 Å². The molecule has 0 radical (unpaired) electrons. The largest absolute Gasteiger partial charge is 0.489 e. The lowest BCUT2D eigenvalue weighted by Gasteiger charge is -2.12. The van der Waals surface area contributed by atoms with Gasteiger partial charge in [-0.2, -0.15) is 5.26 Å². The van der Waals surface area contributed by atoms with Gasteiger partial charge in [-0.1, -0.05) is 60.5 Å². The number of ether oxygens (including phenoxy) is 1. The first-order chi connectivity index (χ1) is 14.6. The quantitative estimate of drug-likeness (QED) is 0.545. The lowest BCUT2D eigenvalue weighted by molar-refractivity contribution is -0.137. The van der Waals surface area contributed by atoms with Crippen LogP contribution in [-0.2, 0) is 11.4 Å². The van der Waals surface area contributed by atoms with Gasteiger partial charge in [0.25, 0.3) is 0 Å². The van der Waals surface area contributed by atoms with Crippen molar-refractivity contribution in [1.29, 1.82) is 5.26 Å².